The Morgan fingerprint density at radius 1 is 1.22 bits per heavy atom. The number of allylic oxidation sites excluding steroid dienone is 1. The molecule has 1 saturated heterocycles. The molecule has 1 aromatic carbocycles. The standard InChI is InChI=1S/C23H33N3O5S/c1-22(2,3)17-31-19-9-7-8-18(16-19)23(11-12-23)25-32(29,30)15-6-4-5-13-26-14-10-20(27)24-21(26)28/h4-5,7-9,16,25H,6,10-15,17H2,1-3H3,(H,24,27,28)/b5-4+. The van der Waals surface area contributed by atoms with E-state index < -0.39 is 21.6 Å². The van der Waals surface area contributed by atoms with Crippen LogP contribution in [0.5, 0.6) is 5.75 Å². The Balaban J connectivity index is 1.50. The first-order valence-electron chi connectivity index (χ1n) is 11.0. The Bertz CT molecular complexity index is 978. The second-order valence-electron chi connectivity index (χ2n) is 9.69. The molecule has 3 rings (SSSR count). The highest BCUT2D eigenvalue weighted by Gasteiger charge is 2.47. The lowest BCUT2D eigenvalue weighted by Gasteiger charge is -2.25. The third-order valence-electron chi connectivity index (χ3n) is 5.35. The number of imide groups is 1. The molecular weight excluding hydrogens is 430 g/mol. The molecule has 1 aliphatic carbocycles. The van der Waals surface area contributed by atoms with Gasteiger partial charge in [-0.25, -0.2) is 17.9 Å². The Hall–Kier alpha value is -2.39. The summed E-state index contributed by atoms with van der Waals surface area (Å²) in [5.41, 5.74) is 0.411. The number of urea groups is 1. The van der Waals surface area contributed by atoms with Gasteiger partial charge in [0, 0.05) is 19.5 Å². The molecule has 0 atom stereocenters. The zero-order valence-corrected chi connectivity index (χ0v) is 19.8. The number of hydrogen-bond donors (Lipinski definition) is 2. The topological polar surface area (TPSA) is 105 Å². The molecule has 3 amide bonds. The van der Waals surface area contributed by atoms with Crippen LogP contribution >= 0.6 is 0 Å². The van der Waals surface area contributed by atoms with Gasteiger partial charge < -0.3 is 9.64 Å². The van der Waals surface area contributed by atoms with Gasteiger partial charge in [-0.2, -0.15) is 0 Å². The zero-order chi connectivity index (χ0) is 23.4. The van der Waals surface area contributed by atoms with Crippen molar-refractivity contribution in [2.75, 3.05) is 25.4 Å². The van der Waals surface area contributed by atoms with Crippen LogP contribution in [0.2, 0.25) is 0 Å². The van der Waals surface area contributed by atoms with Crippen molar-refractivity contribution in [2.45, 2.75) is 52.0 Å². The molecule has 0 radical (unpaired) electrons. The SMILES string of the molecule is CC(C)(C)COc1cccc(C2(NS(=O)(=O)CC/C=C/CN3CCC(=O)NC3=O)CC2)c1. The maximum atomic E-state index is 12.7. The van der Waals surface area contributed by atoms with Crippen molar-refractivity contribution in [3.05, 3.63) is 42.0 Å². The first-order chi connectivity index (χ1) is 15.0. The maximum absolute atomic E-state index is 12.7. The Morgan fingerprint density at radius 3 is 2.62 bits per heavy atom. The van der Waals surface area contributed by atoms with Crippen molar-refractivity contribution < 1.29 is 22.7 Å². The van der Waals surface area contributed by atoms with Gasteiger partial charge in [-0.1, -0.05) is 45.1 Å². The fraction of sp³-hybridized carbons (Fsp3) is 0.565. The minimum atomic E-state index is -3.48. The van der Waals surface area contributed by atoms with Crippen molar-refractivity contribution in [1.29, 1.82) is 0 Å². The van der Waals surface area contributed by atoms with Gasteiger partial charge in [0.2, 0.25) is 15.9 Å². The summed E-state index contributed by atoms with van der Waals surface area (Å²) in [6.45, 7) is 7.60. The summed E-state index contributed by atoms with van der Waals surface area (Å²) < 4.78 is 34.1. The van der Waals surface area contributed by atoms with Gasteiger partial charge in [0.15, 0.2) is 0 Å². The average molecular weight is 464 g/mol. The smallest absolute Gasteiger partial charge is 0.324 e. The molecule has 9 heteroatoms. The van der Waals surface area contributed by atoms with Crippen LogP contribution in [0.4, 0.5) is 4.79 Å². The number of nitrogens with one attached hydrogen (secondary N) is 2. The van der Waals surface area contributed by atoms with E-state index in [0.717, 1.165) is 24.2 Å². The van der Waals surface area contributed by atoms with Crippen LogP contribution in [0.3, 0.4) is 0 Å². The molecule has 1 heterocycles. The van der Waals surface area contributed by atoms with Crippen LogP contribution in [0, 0.1) is 5.41 Å². The van der Waals surface area contributed by atoms with E-state index in [1.165, 1.54) is 4.90 Å². The van der Waals surface area contributed by atoms with Crippen LogP contribution in [0.15, 0.2) is 36.4 Å². The molecule has 1 aliphatic heterocycles. The van der Waals surface area contributed by atoms with Crippen LogP contribution in [0.25, 0.3) is 0 Å². The number of amides is 3. The normalized spacial score (nSPS) is 18.7. The first-order valence-corrected chi connectivity index (χ1v) is 12.6. The van der Waals surface area contributed by atoms with E-state index in [1.807, 2.05) is 24.3 Å². The van der Waals surface area contributed by atoms with Crippen LogP contribution in [-0.4, -0.2) is 50.7 Å². The lowest BCUT2D eigenvalue weighted by atomic mass is 9.98. The van der Waals surface area contributed by atoms with Gasteiger partial charge >= 0.3 is 6.03 Å². The summed E-state index contributed by atoms with van der Waals surface area (Å²) in [5, 5.41) is 2.26. The maximum Gasteiger partial charge on any atom is 0.324 e. The number of carbonyl (C=O) groups excluding carboxylic acids is 2. The predicted octanol–water partition coefficient (Wildman–Crippen LogP) is 2.91. The van der Waals surface area contributed by atoms with E-state index in [0.29, 0.717) is 26.1 Å². The van der Waals surface area contributed by atoms with Gasteiger partial charge in [-0.15, -0.1) is 0 Å². The summed E-state index contributed by atoms with van der Waals surface area (Å²) in [4.78, 5) is 24.4. The van der Waals surface area contributed by atoms with Gasteiger partial charge in [-0.05, 0) is 42.4 Å². The fourth-order valence-electron chi connectivity index (χ4n) is 3.42. The molecule has 0 unspecified atom stereocenters. The lowest BCUT2D eigenvalue weighted by molar-refractivity contribution is -0.121. The van der Waals surface area contributed by atoms with Gasteiger partial charge in [0.1, 0.15) is 5.75 Å². The summed E-state index contributed by atoms with van der Waals surface area (Å²) in [6, 6.07) is 7.24. The number of rotatable bonds is 10. The van der Waals surface area contributed by atoms with Crippen molar-refractivity contribution >= 4 is 22.0 Å². The lowest BCUT2D eigenvalue weighted by Crippen LogP contribution is -2.49. The third-order valence-corrected chi connectivity index (χ3v) is 6.82. The summed E-state index contributed by atoms with van der Waals surface area (Å²) in [7, 11) is -3.48. The van der Waals surface area contributed by atoms with Crippen LogP contribution in [0.1, 0.15) is 52.0 Å². The Kier molecular flexibility index (Phi) is 7.29. The number of benzene rings is 1. The monoisotopic (exact) mass is 463 g/mol. The largest absolute Gasteiger partial charge is 0.493 e. The van der Waals surface area contributed by atoms with Gasteiger partial charge in [0.25, 0.3) is 0 Å². The van der Waals surface area contributed by atoms with Crippen LogP contribution in [-0.2, 0) is 20.4 Å². The Labute approximate surface area is 190 Å². The summed E-state index contributed by atoms with van der Waals surface area (Å²) in [5.74, 6) is 0.442. The molecule has 0 spiro atoms. The molecule has 32 heavy (non-hydrogen) atoms. The van der Waals surface area contributed by atoms with E-state index in [4.69, 9.17) is 4.74 Å². The summed E-state index contributed by atoms with van der Waals surface area (Å²) >= 11 is 0. The highest BCUT2D eigenvalue weighted by atomic mass is 32.2. The molecule has 2 N–H and O–H groups in total. The predicted molar refractivity (Wildman–Crippen MR) is 123 cm³/mol. The van der Waals surface area contributed by atoms with Gasteiger partial charge in [0.05, 0.1) is 17.9 Å². The van der Waals surface area contributed by atoms with Crippen molar-refractivity contribution in [3.63, 3.8) is 0 Å². The third kappa shape index (κ3) is 7.06. The van der Waals surface area contributed by atoms with E-state index in [1.54, 1.807) is 12.2 Å². The average Bonchev–Trinajstić information content (AvgIpc) is 3.47. The van der Waals surface area contributed by atoms with E-state index in [9.17, 15) is 18.0 Å². The molecular formula is C23H33N3O5S. The second-order valence-corrected chi connectivity index (χ2v) is 11.5. The zero-order valence-electron chi connectivity index (χ0n) is 19.0. The highest BCUT2D eigenvalue weighted by Crippen LogP contribution is 2.47. The van der Waals surface area contributed by atoms with Crippen molar-refractivity contribution in [1.82, 2.24) is 14.9 Å². The fourth-order valence-corrected chi connectivity index (χ4v) is 4.89. The van der Waals surface area contributed by atoms with Crippen LogP contribution < -0.4 is 14.8 Å². The molecule has 8 nitrogen and oxygen atoms in total. The molecule has 0 aromatic heterocycles. The second kappa shape index (κ2) is 9.62. The van der Waals surface area contributed by atoms with Crippen molar-refractivity contribution in [2.24, 2.45) is 5.41 Å². The number of ether oxygens (including phenoxy) is 1. The molecule has 1 aromatic rings. The highest BCUT2D eigenvalue weighted by molar-refractivity contribution is 7.89. The minimum Gasteiger partial charge on any atom is -0.493 e. The number of hydrogen-bond acceptors (Lipinski definition) is 5. The van der Waals surface area contributed by atoms with E-state index in [2.05, 4.69) is 30.8 Å². The van der Waals surface area contributed by atoms with Crippen molar-refractivity contribution in [3.8, 4) is 5.75 Å². The molecule has 2 fully saturated rings. The molecule has 1 saturated carbocycles. The minimum absolute atomic E-state index is 0.0316. The number of carbonyl (C=O) groups is 2. The van der Waals surface area contributed by atoms with E-state index in [-0.39, 0.29) is 23.5 Å². The summed E-state index contributed by atoms with van der Waals surface area (Å²) in [6.07, 6.45) is 5.65. The molecule has 176 valence electrons. The Morgan fingerprint density at radius 2 is 1.97 bits per heavy atom. The van der Waals surface area contributed by atoms with Gasteiger partial charge in [-0.3, -0.25) is 10.1 Å². The quantitative estimate of drug-likeness (QED) is 0.519. The number of sulfonamides is 1. The first kappa shape index (κ1) is 24.3. The number of nitrogens with zero attached hydrogens (tertiary/aromatic N) is 1. The van der Waals surface area contributed by atoms with E-state index >= 15 is 0 Å². The molecule has 0 bridgehead atoms. The molecule has 2 aliphatic rings.